The lowest BCUT2D eigenvalue weighted by atomic mass is 9.90. The third-order valence-corrected chi connectivity index (χ3v) is 5.72. The molecule has 2 heterocycles. The maximum Gasteiger partial charge on any atom is 0.271 e. The highest BCUT2D eigenvalue weighted by atomic mass is 32.1. The van der Waals surface area contributed by atoms with Crippen LogP contribution in [0, 0.1) is 5.92 Å². The third kappa shape index (κ3) is 4.58. The number of aromatic nitrogens is 1. The van der Waals surface area contributed by atoms with Crippen molar-refractivity contribution >= 4 is 22.3 Å². The van der Waals surface area contributed by atoms with E-state index in [4.69, 9.17) is 0 Å². The van der Waals surface area contributed by atoms with Crippen molar-refractivity contribution in [2.75, 3.05) is 4.90 Å². The van der Waals surface area contributed by atoms with Gasteiger partial charge in [-0.3, -0.25) is 14.0 Å². The van der Waals surface area contributed by atoms with Gasteiger partial charge in [0.1, 0.15) is 16.4 Å². The number of nitrogens with one attached hydrogen (secondary N) is 1. The normalized spacial score (nSPS) is 21.7. The number of Topliss-reactive ketones (excluding diaryl/α,β-unsaturated/α-hetero) is 1. The van der Waals surface area contributed by atoms with Gasteiger partial charge in [-0.25, -0.2) is 4.39 Å². The van der Waals surface area contributed by atoms with Crippen LogP contribution in [0.3, 0.4) is 0 Å². The van der Waals surface area contributed by atoms with Crippen LogP contribution in [0.4, 0.5) is 9.39 Å². The standard InChI is InChI=1S/C21H23FN2O2S.C2H6/c1-5-7-8-14(6-2)16(13(4)22)11-17-12(3)19(25)18-20(26)23-27-21(18)24(17)15-9-10-15;1-2/h5-8,11-12,15H,2,9-10H2,1,3-4H3,(H,23,26);1-2H3/b7-5-,14-8+,16-13-,17-11+;. The van der Waals surface area contributed by atoms with E-state index in [9.17, 15) is 14.0 Å². The van der Waals surface area contributed by atoms with Crippen molar-refractivity contribution in [2.24, 2.45) is 5.92 Å². The molecule has 2 aliphatic rings. The first-order chi connectivity index (χ1) is 13.9. The first-order valence-corrected chi connectivity index (χ1v) is 10.8. The molecule has 29 heavy (non-hydrogen) atoms. The molecule has 1 atom stereocenters. The molecule has 0 saturated heterocycles. The molecule has 1 aromatic heterocycles. The average molecular weight is 417 g/mol. The van der Waals surface area contributed by atoms with Gasteiger partial charge in [-0.15, -0.1) is 0 Å². The molecule has 1 N–H and O–H groups in total. The van der Waals surface area contributed by atoms with Gasteiger partial charge in [0.05, 0.1) is 5.92 Å². The van der Waals surface area contributed by atoms with Gasteiger partial charge in [-0.2, -0.15) is 0 Å². The number of hydrogen-bond acceptors (Lipinski definition) is 4. The number of halogens is 1. The third-order valence-electron chi connectivity index (χ3n) is 4.84. The van der Waals surface area contributed by atoms with Crippen LogP contribution < -0.4 is 10.5 Å². The second-order valence-corrected chi connectivity index (χ2v) is 7.56. The molecule has 0 amide bonds. The Morgan fingerprint density at radius 1 is 1.31 bits per heavy atom. The predicted molar refractivity (Wildman–Crippen MR) is 120 cm³/mol. The van der Waals surface area contributed by atoms with E-state index in [0.29, 0.717) is 16.1 Å². The lowest BCUT2D eigenvalue weighted by molar-refractivity contribution is 0.0941. The Hall–Kier alpha value is -2.47. The molecule has 1 aromatic rings. The van der Waals surface area contributed by atoms with E-state index in [1.54, 1.807) is 25.2 Å². The summed E-state index contributed by atoms with van der Waals surface area (Å²) in [6.45, 7) is 12.9. The molecule has 1 unspecified atom stereocenters. The number of fused-ring (bicyclic) bond motifs is 1. The summed E-state index contributed by atoms with van der Waals surface area (Å²) in [6.07, 6.45) is 10.8. The summed E-state index contributed by atoms with van der Waals surface area (Å²) in [6, 6.07) is 0.241. The first-order valence-electron chi connectivity index (χ1n) is 9.99. The van der Waals surface area contributed by atoms with Gasteiger partial charge in [0, 0.05) is 17.3 Å². The van der Waals surface area contributed by atoms with Crippen molar-refractivity contribution in [3.8, 4) is 0 Å². The van der Waals surface area contributed by atoms with Crippen molar-refractivity contribution in [3.63, 3.8) is 0 Å². The van der Waals surface area contributed by atoms with Crippen LogP contribution in [-0.4, -0.2) is 16.2 Å². The monoisotopic (exact) mass is 416 g/mol. The Kier molecular flexibility index (Phi) is 7.73. The first kappa shape index (κ1) is 22.8. The van der Waals surface area contributed by atoms with Crippen molar-refractivity contribution in [1.82, 2.24) is 4.37 Å². The molecule has 1 aliphatic heterocycles. The van der Waals surface area contributed by atoms with E-state index in [-0.39, 0.29) is 28.8 Å². The molecule has 156 valence electrons. The van der Waals surface area contributed by atoms with Gasteiger partial charge in [-0.05, 0) is 56.8 Å². The maximum atomic E-state index is 14.4. The molecule has 0 bridgehead atoms. The molecule has 0 spiro atoms. The van der Waals surface area contributed by atoms with Gasteiger partial charge < -0.3 is 4.90 Å². The molecule has 6 heteroatoms. The molecule has 0 radical (unpaired) electrons. The Bertz CT molecular complexity index is 954. The second kappa shape index (κ2) is 9.83. The SMILES string of the molecule is C=CC(=C\C=C/C)/C(/C=C1\C(C)C(=O)c2c(s[nH]c2=O)N1C1CC1)=C(/C)F.CC. The van der Waals surface area contributed by atoms with Crippen LogP contribution in [0.1, 0.15) is 57.8 Å². The zero-order chi connectivity index (χ0) is 21.7. The van der Waals surface area contributed by atoms with Gasteiger partial charge in [0.25, 0.3) is 5.56 Å². The lowest BCUT2D eigenvalue weighted by Gasteiger charge is -2.34. The van der Waals surface area contributed by atoms with E-state index in [2.05, 4.69) is 11.0 Å². The summed E-state index contributed by atoms with van der Waals surface area (Å²) in [5.41, 5.74) is 1.66. The number of carbonyl (C=O) groups excluding carboxylic acids is 1. The Labute approximate surface area is 176 Å². The average Bonchev–Trinajstić information content (AvgIpc) is 3.48. The van der Waals surface area contributed by atoms with Gasteiger partial charge in [-0.1, -0.05) is 44.7 Å². The van der Waals surface area contributed by atoms with Gasteiger partial charge in [0.2, 0.25) is 0 Å². The minimum absolute atomic E-state index is 0.218. The van der Waals surface area contributed by atoms with Gasteiger partial charge in [0.15, 0.2) is 5.78 Å². The number of anilines is 1. The fourth-order valence-electron chi connectivity index (χ4n) is 3.26. The number of aromatic amines is 1. The number of rotatable bonds is 5. The quantitative estimate of drug-likeness (QED) is 0.592. The number of H-pyrrole nitrogens is 1. The Morgan fingerprint density at radius 2 is 1.97 bits per heavy atom. The van der Waals surface area contributed by atoms with E-state index in [0.717, 1.165) is 18.5 Å². The number of carbonyl (C=O) groups is 1. The van der Waals surface area contributed by atoms with Crippen LogP contribution in [0.2, 0.25) is 0 Å². The van der Waals surface area contributed by atoms with Gasteiger partial charge >= 0.3 is 0 Å². The second-order valence-electron chi connectivity index (χ2n) is 6.77. The minimum atomic E-state index is -0.518. The fourth-order valence-corrected chi connectivity index (χ4v) is 4.20. The van der Waals surface area contributed by atoms with Crippen molar-refractivity contribution in [2.45, 2.75) is 53.5 Å². The molecule has 4 nitrogen and oxygen atoms in total. The van der Waals surface area contributed by atoms with E-state index < -0.39 is 5.92 Å². The van der Waals surface area contributed by atoms with Crippen LogP contribution in [0.5, 0.6) is 0 Å². The molecule has 1 aliphatic carbocycles. The fraction of sp³-hybridized carbons (Fsp3) is 0.391. The van der Waals surface area contributed by atoms with Crippen LogP contribution in [0.15, 0.2) is 64.4 Å². The molecular formula is C23H29FN2O2S. The van der Waals surface area contributed by atoms with Crippen molar-refractivity contribution in [3.05, 3.63) is 75.5 Å². The zero-order valence-electron chi connectivity index (χ0n) is 17.7. The zero-order valence-corrected chi connectivity index (χ0v) is 18.5. The largest absolute Gasteiger partial charge is 0.331 e. The summed E-state index contributed by atoms with van der Waals surface area (Å²) < 4.78 is 17.1. The Balaban J connectivity index is 0.00000145. The summed E-state index contributed by atoms with van der Waals surface area (Å²) in [4.78, 5) is 27.0. The minimum Gasteiger partial charge on any atom is -0.331 e. The highest BCUT2D eigenvalue weighted by molar-refractivity contribution is 7.10. The van der Waals surface area contributed by atoms with E-state index in [1.807, 2.05) is 37.8 Å². The summed E-state index contributed by atoms with van der Waals surface area (Å²) >= 11 is 1.17. The molecule has 3 rings (SSSR count). The number of hydrogen-bond donors (Lipinski definition) is 1. The van der Waals surface area contributed by atoms with Crippen molar-refractivity contribution < 1.29 is 9.18 Å². The van der Waals surface area contributed by atoms with E-state index >= 15 is 0 Å². The summed E-state index contributed by atoms with van der Waals surface area (Å²) in [5.74, 6) is -1.08. The van der Waals surface area contributed by atoms with E-state index in [1.165, 1.54) is 18.5 Å². The van der Waals surface area contributed by atoms with Crippen molar-refractivity contribution in [1.29, 1.82) is 0 Å². The number of ketones is 1. The van der Waals surface area contributed by atoms with Crippen LogP contribution >= 0.6 is 11.5 Å². The highest BCUT2D eigenvalue weighted by Crippen LogP contribution is 2.44. The molecule has 1 saturated carbocycles. The lowest BCUT2D eigenvalue weighted by Crippen LogP contribution is -2.38. The maximum absolute atomic E-state index is 14.4. The van der Waals surface area contributed by atoms with Crippen LogP contribution in [0.25, 0.3) is 0 Å². The number of allylic oxidation sites excluding steroid dienone is 9. The molecular weight excluding hydrogens is 387 g/mol. The smallest absolute Gasteiger partial charge is 0.271 e. The molecule has 0 aromatic carbocycles. The molecule has 1 fully saturated rings. The summed E-state index contributed by atoms with van der Waals surface area (Å²) in [5, 5.41) is 0.644. The Morgan fingerprint density at radius 3 is 2.48 bits per heavy atom. The predicted octanol–water partition coefficient (Wildman–Crippen LogP) is 6.08. The summed E-state index contributed by atoms with van der Waals surface area (Å²) in [7, 11) is 0. The topological polar surface area (TPSA) is 53.2 Å². The van der Waals surface area contributed by atoms with Crippen LogP contribution in [-0.2, 0) is 0 Å². The highest BCUT2D eigenvalue weighted by Gasteiger charge is 2.43. The number of nitrogens with zero attached hydrogens (tertiary/aromatic N) is 1.